The number of alkyl halides is 3. The molecule has 2 unspecified atom stereocenters. The van der Waals surface area contributed by atoms with Crippen LogP contribution in [0.3, 0.4) is 0 Å². The van der Waals surface area contributed by atoms with Crippen LogP contribution in [0, 0.1) is 5.92 Å². The number of hydrogen-bond acceptors (Lipinski definition) is 6. The summed E-state index contributed by atoms with van der Waals surface area (Å²) >= 11 is 6.01. The Hall–Kier alpha value is -4.51. The van der Waals surface area contributed by atoms with E-state index in [-0.39, 0.29) is 22.7 Å². The second-order valence-electron chi connectivity index (χ2n) is 8.65. The van der Waals surface area contributed by atoms with Gasteiger partial charge in [0, 0.05) is 35.5 Å². The maximum atomic E-state index is 13.1. The van der Waals surface area contributed by atoms with Gasteiger partial charge in [0.05, 0.1) is 28.0 Å². The number of amides is 2. The van der Waals surface area contributed by atoms with Gasteiger partial charge in [-0.3, -0.25) is 9.98 Å². The fourth-order valence-electron chi connectivity index (χ4n) is 4.09. The van der Waals surface area contributed by atoms with Crippen LogP contribution < -0.4 is 15.4 Å². The fraction of sp³-hybridized carbons (Fsp3) is 0.148. The SMILES string of the molecule is CC1C=NC=NC1c1cccnc1Oc1ccc(NC(=O)Nc2cc(C(F)(F)F)ccc2Cl)c2cccnc12. The summed E-state index contributed by atoms with van der Waals surface area (Å²) in [4.78, 5) is 30.1. The molecule has 3 heterocycles. The minimum absolute atomic E-state index is 0.0341. The molecule has 0 aliphatic carbocycles. The number of aliphatic imine (C=N–C) groups is 2. The van der Waals surface area contributed by atoms with E-state index in [0.717, 1.165) is 23.8 Å². The normalized spacial score (nSPS) is 16.7. The van der Waals surface area contributed by atoms with Crippen LogP contribution in [0.15, 0.2) is 77.0 Å². The van der Waals surface area contributed by atoms with E-state index < -0.39 is 17.8 Å². The van der Waals surface area contributed by atoms with E-state index >= 15 is 0 Å². The summed E-state index contributed by atoms with van der Waals surface area (Å²) in [6.45, 7) is 2.00. The van der Waals surface area contributed by atoms with Crippen LogP contribution in [-0.4, -0.2) is 28.6 Å². The van der Waals surface area contributed by atoms with Gasteiger partial charge >= 0.3 is 12.2 Å². The molecular formula is C27H20ClF3N6O2. The van der Waals surface area contributed by atoms with Gasteiger partial charge in [-0.25, -0.2) is 14.8 Å². The number of nitrogens with one attached hydrogen (secondary N) is 2. The summed E-state index contributed by atoms with van der Waals surface area (Å²) in [6.07, 6.45) is 1.90. The molecule has 0 spiro atoms. The minimum Gasteiger partial charge on any atom is -0.436 e. The highest BCUT2D eigenvalue weighted by Gasteiger charge is 2.31. The summed E-state index contributed by atoms with van der Waals surface area (Å²) in [5, 5.41) is 5.51. The van der Waals surface area contributed by atoms with Crippen LogP contribution in [0.4, 0.5) is 29.3 Å². The predicted octanol–water partition coefficient (Wildman–Crippen LogP) is 7.53. The smallest absolute Gasteiger partial charge is 0.416 e. The number of anilines is 2. The third-order valence-electron chi connectivity index (χ3n) is 5.96. The van der Waals surface area contributed by atoms with Gasteiger partial charge in [-0.1, -0.05) is 18.5 Å². The zero-order chi connectivity index (χ0) is 27.6. The summed E-state index contributed by atoms with van der Waals surface area (Å²) in [5.74, 6) is 0.775. The molecule has 1 aliphatic rings. The highest BCUT2D eigenvalue weighted by molar-refractivity contribution is 6.33. The lowest BCUT2D eigenvalue weighted by molar-refractivity contribution is -0.137. The molecule has 0 bridgehead atoms. The number of ether oxygens (including phenoxy) is 1. The first-order valence-corrected chi connectivity index (χ1v) is 12.1. The fourth-order valence-corrected chi connectivity index (χ4v) is 4.26. The second-order valence-corrected chi connectivity index (χ2v) is 9.06. The third kappa shape index (κ3) is 5.68. The zero-order valence-corrected chi connectivity index (χ0v) is 21.0. The van der Waals surface area contributed by atoms with Crippen LogP contribution in [-0.2, 0) is 6.18 Å². The third-order valence-corrected chi connectivity index (χ3v) is 6.29. The van der Waals surface area contributed by atoms with Crippen LogP contribution in [0.5, 0.6) is 11.6 Å². The van der Waals surface area contributed by atoms with Gasteiger partial charge in [-0.2, -0.15) is 13.2 Å². The van der Waals surface area contributed by atoms with E-state index in [1.807, 2.05) is 19.2 Å². The quantitative estimate of drug-likeness (QED) is 0.267. The van der Waals surface area contributed by atoms with E-state index in [9.17, 15) is 18.0 Å². The number of fused-ring (bicyclic) bond motifs is 1. The van der Waals surface area contributed by atoms with Crippen molar-refractivity contribution in [2.24, 2.45) is 15.9 Å². The lowest BCUT2D eigenvalue weighted by atomic mass is 9.96. The summed E-state index contributed by atoms with van der Waals surface area (Å²) < 4.78 is 45.5. The first kappa shape index (κ1) is 26.1. The molecule has 2 amide bonds. The Morgan fingerprint density at radius 3 is 2.56 bits per heavy atom. The van der Waals surface area contributed by atoms with Gasteiger partial charge in [-0.05, 0) is 54.6 Å². The molecule has 39 heavy (non-hydrogen) atoms. The number of pyridine rings is 2. The molecule has 2 aromatic heterocycles. The van der Waals surface area contributed by atoms with Gasteiger partial charge in [0.25, 0.3) is 0 Å². The van der Waals surface area contributed by atoms with Crippen molar-refractivity contribution >= 4 is 52.5 Å². The van der Waals surface area contributed by atoms with E-state index in [1.165, 1.54) is 6.34 Å². The molecular weight excluding hydrogens is 533 g/mol. The van der Waals surface area contributed by atoms with Crippen LogP contribution in [0.1, 0.15) is 24.1 Å². The number of hydrogen-bond donors (Lipinski definition) is 2. The first-order chi connectivity index (χ1) is 18.7. The Balaban J connectivity index is 1.41. The molecule has 2 atom stereocenters. The molecule has 0 saturated carbocycles. The molecule has 2 N–H and O–H groups in total. The first-order valence-electron chi connectivity index (χ1n) is 11.7. The predicted molar refractivity (Wildman–Crippen MR) is 144 cm³/mol. The Labute approximate surface area is 225 Å². The van der Waals surface area contributed by atoms with Crippen molar-refractivity contribution < 1.29 is 22.7 Å². The van der Waals surface area contributed by atoms with Crippen molar-refractivity contribution in [2.45, 2.75) is 19.1 Å². The van der Waals surface area contributed by atoms with Gasteiger partial charge < -0.3 is 15.4 Å². The Bertz CT molecular complexity index is 1610. The van der Waals surface area contributed by atoms with Gasteiger partial charge in [-0.15, -0.1) is 0 Å². The number of carbonyl (C=O) groups is 1. The molecule has 0 radical (unpaired) electrons. The van der Waals surface area contributed by atoms with Crippen molar-refractivity contribution in [3.05, 3.63) is 83.1 Å². The molecule has 0 saturated heterocycles. The van der Waals surface area contributed by atoms with Crippen molar-refractivity contribution in [2.75, 3.05) is 10.6 Å². The van der Waals surface area contributed by atoms with Crippen molar-refractivity contribution in [1.29, 1.82) is 0 Å². The van der Waals surface area contributed by atoms with E-state index in [1.54, 1.807) is 42.7 Å². The maximum absolute atomic E-state index is 13.1. The number of halogens is 4. The average molecular weight is 553 g/mol. The molecule has 5 rings (SSSR count). The van der Waals surface area contributed by atoms with Crippen molar-refractivity contribution in [3.8, 4) is 11.6 Å². The van der Waals surface area contributed by atoms with Crippen molar-refractivity contribution in [3.63, 3.8) is 0 Å². The summed E-state index contributed by atoms with van der Waals surface area (Å²) in [7, 11) is 0. The molecule has 4 aromatic rings. The zero-order valence-electron chi connectivity index (χ0n) is 20.3. The monoisotopic (exact) mass is 552 g/mol. The number of nitrogens with zero attached hydrogens (tertiary/aromatic N) is 4. The maximum Gasteiger partial charge on any atom is 0.416 e. The molecule has 2 aromatic carbocycles. The van der Waals surface area contributed by atoms with Gasteiger partial charge in [0.1, 0.15) is 11.9 Å². The Kier molecular flexibility index (Phi) is 7.16. The Morgan fingerprint density at radius 1 is 1.00 bits per heavy atom. The van der Waals surface area contributed by atoms with Crippen LogP contribution in [0.25, 0.3) is 10.9 Å². The van der Waals surface area contributed by atoms with Crippen molar-refractivity contribution in [1.82, 2.24) is 9.97 Å². The van der Waals surface area contributed by atoms with Crippen LogP contribution >= 0.6 is 11.6 Å². The van der Waals surface area contributed by atoms with Gasteiger partial charge in [0.2, 0.25) is 5.88 Å². The second kappa shape index (κ2) is 10.7. The van der Waals surface area contributed by atoms with E-state index in [2.05, 4.69) is 30.6 Å². The standard InChI is InChI=1S/C27H20ClF3N6O2/c1-15-13-32-14-35-23(15)18-5-3-11-34-25(18)39-22-9-8-20(17-4-2-10-33-24(17)22)36-26(38)37-21-12-16(27(29,30)31)6-7-19(21)28/h2-15,23H,1H3,(H2,36,37,38). The topological polar surface area (TPSA) is 101 Å². The van der Waals surface area contributed by atoms with Crippen LogP contribution in [0.2, 0.25) is 5.02 Å². The lowest BCUT2D eigenvalue weighted by Crippen LogP contribution is -2.20. The number of rotatable bonds is 5. The number of benzene rings is 2. The van der Waals surface area contributed by atoms with E-state index in [0.29, 0.717) is 28.2 Å². The molecule has 198 valence electrons. The molecule has 1 aliphatic heterocycles. The van der Waals surface area contributed by atoms with E-state index in [4.69, 9.17) is 16.3 Å². The highest BCUT2D eigenvalue weighted by Crippen LogP contribution is 2.38. The minimum atomic E-state index is -4.59. The molecule has 0 fully saturated rings. The average Bonchev–Trinajstić information content (AvgIpc) is 2.91. The number of carbonyl (C=O) groups excluding carboxylic acids is 1. The van der Waals surface area contributed by atoms with Gasteiger partial charge in [0.15, 0.2) is 5.75 Å². The summed E-state index contributed by atoms with van der Waals surface area (Å²) in [6, 6.07) is 12.0. The molecule has 8 nitrogen and oxygen atoms in total. The summed E-state index contributed by atoms with van der Waals surface area (Å²) in [5.41, 5.74) is 0.447. The number of urea groups is 1. The lowest BCUT2D eigenvalue weighted by Gasteiger charge is -2.21. The number of aromatic nitrogens is 2. The largest absolute Gasteiger partial charge is 0.436 e. The molecule has 12 heteroatoms. The highest BCUT2D eigenvalue weighted by atomic mass is 35.5. The Morgan fingerprint density at radius 2 is 1.77 bits per heavy atom.